The number of para-hydroxylation sites is 1. The minimum absolute atomic E-state index is 0.192. The van der Waals surface area contributed by atoms with Crippen molar-refractivity contribution in [2.24, 2.45) is 0 Å². The highest BCUT2D eigenvalue weighted by Gasteiger charge is 2.19. The number of hydrogen-bond acceptors (Lipinski definition) is 3. The van der Waals surface area contributed by atoms with Gasteiger partial charge in [-0.2, -0.15) is 0 Å². The lowest BCUT2D eigenvalue weighted by Crippen LogP contribution is -2.32. The van der Waals surface area contributed by atoms with Gasteiger partial charge in [-0.25, -0.2) is 0 Å². The lowest BCUT2D eigenvalue weighted by molar-refractivity contribution is -0.122. The van der Waals surface area contributed by atoms with Crippen molar-refractivity contribution in [2.45, 2.75) is 46.6 Å². The van der Waals surface area contributed by atoms with E-state index in [-0.39, 0.29) is 11.8 Å². The van der Waals surface area contributed by atoms with Gasteiger partial charge in [-0.3, -0.25) is 9.59 Å². The van der Waals surface area contributed by atoms with E-state index in [1.165, 1.54) is 0 Å². The maximum Gasteiger partial charge on any atom is 0.265 e. The molecular formula is C22H28N2O3. The lowest BCUT2D eigenvalue weighted by Gasteiger charge is -2.18. The van der Waals surface area contributed by atoms with Crippen LogP contribution in [0.2, 0.25) is 0 Å². The van der Waals surface area contributed by atoms with Crippen LogP contribution in [0.1, 0.15) is 48.2 Å². The summed E-state index contributed by atoms with van der Waals surface area (Å²) in [7, 11) is 0. The number of amides is 2. The monoisotopic (exact) mass is 368 g/mol. The molecular weight excluding hydrogens is 340 g/mol. The Bertz CT molecular complexity index is 802. The molecule has 5 heteroatoms. The van der Waals surface area contributed by atoms with Gasteiger partial charge in [0.05, 0.1) is 11.3 Å². The normalized spacial score (nSPS) is 11.6. The van der Waals surface area contributed by atoms with E-state index in [1.807, 2.05) is 32.0 Å². The molecule has 1 atom stereocenters. The zero-order valence-electron chi connectivity index (χ0n) is 16.5. The van der Waals surface area contributed by atoms with Gasteiger partial charge in [-0.15, -0.1) is 0 Å². The van der Waals surface area contributed by atoms with Crippen molar-refractivity contribution in [1.82, 2.24) is 5.32 Å². The van der Waals surface area contributed by atoms with E-state index in [0.717, 1.165) is 24.0 Å². The Morgan fingerprint density at radius 3 is 2.56 bits per heavy atom. The molecule has 0 aliphatic heterocycles. The molecule has 27 heavy (non-hydrogen) atoms. The molecule has 0 saturated heterocycles. The summed E-state index contributed by atoms with van der Waals surface area (Å²) < 4.78 is 5.80. The van der Waals surface area contributed by atoms with Gasteiger partial charge in [0, 0.05) is 6.54 Å². The van der Waals surface area contributed by atoms with Crippen LogP contribution in [0.15, 0.2) is 42.5 Å². The molecule has 144 valence electrons. The van der Waals surface area contributed by atoms with Crippen LogP contribution in [0.5, 0.6) is 5.75 Å². The maximum absolute atomic E-state index is 12.6. The number of benzene rings is 2. The molecule has 2 rings (SSSR count). The fourth-order valence-corrected chi connectivity index (χ4v) is 2.67. The molecule has 0 bridgehead atoms. The Labute approximate surface area is 161 Å². The van der Waals surface area contributed by atoms with E-state index < -0.39 is 6.10 Å². The average Bonchev–Trinajstić information content (AvgIpc) is 2.64. The topological polar surface area (TPSA) is 67.4 Å². The van der Waals surface area contributed by atoms with Crippen molar-refractivity contribution < 1.29 is 14.3 Å². The van der Waals surface area contributed by atoms with Crippen molar-refractivity contribution in [3.8, 4) is 5.75 Å². The summed E-state index contributed by atoms with van der Waals surface area (Å²) in [6.07, 6.45) is 1.23. The molecule has 5 nitrogen and oxygen atoms in total. The molecule has 2 N–H and O–H groups in total. The number of rotatable bonds is 8. The second kappa shape index (κ2) is 9.76. The zero-order chi connectivity index (χ0) is 19.8. The minimum atomic E-state index is -0.692. The molecule has 0 heterocycles. The first-order valence-electron chi connectivity index (χ1n) is 9.34. The highest BCUT2D eigenvalue weighted by molar-refractivity contribution is 6.04. The highest BCUT2D eigenvalue weighted by atomic mass is 16.5. The third kappa shape index (κ3) is 5.84. The Balaban J connectivity index is 2.05. The Hall–Kier alpha value is -2.82. The van der Waals surface area contributed by atoms with Crippen LogP contribution >= 0.6 is 0 Å². The number of anilines is 1. The summed E-state index contributed by atoms with van der Waals surface area (Å²) in [5.41, 5.74) is 3.04. The first-order valence-corrected chi connectivity index (χ1v) is 9.34. The molecule has 2 amide bonds. The van der Waals surface area contributed by atoms with E-state index in [0.29, 0.717) is 23.5 Å². The van der Waals surface area contributed by atoms with Gasteiger partial charge in [-0.1, -0.05) is 43.2 Å². The van der Waals surface area contributed by atoms with Crippen molar-refractivity contribution >= 4 is 17.5 Å². The van der Waals surface area contributed by atoms with Gasteiger partial charge in [0.25, 0.3) is 11.8 Å². The standard InChI is InChI=1S/C22H28N2O3/c1-5-6-13-23-22(26)18-9-7-8-10-19(18)24-21(25)17(4)27-20-12-11-15(2)14-16(20)3/h7-12,14,17H,5-6,13H2,1-4H3,(H,23,26)(H,24,25)/t17-/m1/s1. The van der Waals surface area contributed by atoms with Crippen molar-refractivity contribution in [1.29, 1.82) is 0 Å². The molecule has 0 aliphatic rings. The molecule has 0 radical (unpaired) electrons. The smallest absolute Gasteiger partial charge is 0.265 e. The van der Waals surface area contributed by atoms with Crippen LogP contribution in [-0.4, -0.2) is 24.5 Å². The molecule has 2 aromatic carbocycles. The number of carbonyl (C=O) groups is 2. The molecule has 0 unspecified atom stereocenters. The minimum Gasteiger partial charge on any atom is -0.481 e. The summed E-state index contributed by atoms with van der Waals surface area (Å²) in [6.45, 7) is 8.33. The Kier molecular flexibility index (Phi) is 7.41. The second-order valence-electron chi connectivity index (χ2n) is 6.67. The van der Waals surface area contributed by atoms with Gasteiger partial charge < -0.3 is 15.4 Å². The van der Waals surface area contributed by atoms with E-state index in [4.69, 9.17) is 4.74 Å². The zero-order valence-corrected chi connectivity index (χ0v) is 16.5. The summed E-state index contributed by atoms with van der Waals surface area (Å²) >= 11 is 0. The highest BCUT2D eigenvalue weighted by Crippen LogP contribution is 2.21. The van der Waals surface area contributed by atoms with Crippen molar-refractivity contribution in [3.63, 3.8) is 0 Å². The second-order valence-corrected chi connectivity index (χ2v) is 6.67. The quantitative estimate of drug-likeness (QED) is 0.685. The summed E-state index contributed by atoms with van der Waals surface area (Å²) in [4.78, 5) is 24.9. The van der Waals surface area contributed by atoms with Gasteiger partial charge >= 0.3 is 0 Å². The van der Waals surface area contributed by atoms with Crippen LogP contribution < -0.4 is 15.4 Å². The van der Waals surface area contributed by atoms with Crippen LogP contribution in [0.25, 0.3) is 0 Å². The van der Waals surface area contributed by atoms with E-state index in [2.05, 4.69) is 17.6 Å². The number of ether oxygens (including phenoxy) is 1. The van der Waals surface area contributed by atoms with Crippen LogP contribution in [0.3, 0.4) is 0 Å². The molecule has 0 saturated carbocycles. The Morgan fingerprint density at radius 1 is 1.11 bits per heavy atom. The molecule has 0 aliphatic carbocycles. The fraction of sp³-hybridized carbons (Fsp3) is 0.364. The average molecular weight is 368 g/mol. The number of carbonyl (C=O) groups excluding carboxylic acids is 2. The summed E-state index contributed by atoms with van der Waals surface area (Å²) in [5.74, 6) is 0.180. The third-order valence-corrected chi connectivity index (χ3v) is 4.25. The number of hydrogen-bond donors (Lipinski definition) is 2. The number of unbranched alkanes of at least 4 members (excludes halogenated alkanes) is 1. The van der Waals surface area contributed by atoms with Crippen LogP contribution in [0, 0.1) is 13.8 Å². The summed E-state index contributed by atoms with van der Waals surface area (Å²) in [6, 6.07) is 12.8. The Morgan fingerprint density at radius 2 is 1.85 bits per heavy atom. The predicted molar refractivity (Wildman–Crippen MR) is 108 cm³/mol. The van der Waals surface area contributed by atoms with Crippen LogP contribution in [0.4, 0.5) is 5.69 Å². The number of nitrogens with one attached hydrogen (secondary N) is 2. The fourth-order valence-electron chi connectivity index (χ4n) is 2.67. The van der Waals surface area contributed by atoms with Gasteiger partial charge in [0.2, 0.25) is 0 Å². The van der Waals surface area contributed by atoms with E-state index in [9.17, 15) is 9.59 Å². The molecule has 0 aromatic heterocycles. The van der Waals surface area contributed by atoms with Gasteiger partial charge in [-0.05, 0) is 51.0 Å². The SMILES string of the molecule is CCCCNC(=O)c1ccccc1NC(=O)[C@@H](C)Oc1ccc(C)cc1C. The summed E-state index contributed by atoms with van der Waals surface area (Å²) in [5, 5.41) is 5.68. The van der Waals surface area contributed by atoms with E-state index >= 15 is 0 Å². The largest absolute Gasteiger partial charge is 0.481 e. The maximum atomic E-state index is 12.6. The van der Waals surface area contributed by atoms with Crippen molar-refractivity contribution in [2.75, 3.05) is 11.9 Å². The third-order valence-electron chi connectivity index (χ3n) is 4.25. The predicted octanol–water partition coefficient (Wildman–Crippen LogP) is 4.24. The van der Waals surface area contributed by atoms with Gasteiger partial charge in [0.15, 0.2) is 6.10 Å². The van der Waals surface area contributed by atoms with Gasteiger partial charge in [0.1, 0.15) is 5.75 Å². The first kappa shape index (κ1) is 20.5. The van der Waals surface area contributed by atoms with Crippen LogP contribution in [-0.2, 0) is 4.79 Å². The van der Waals surface area contributed by atoms with Crippen molar-refractivity contribution in [3.05, 3.63) is 59.2 Å². The molecule has 0 spiro atoms. The lowest BCUT2D eigenvalue weighted by atomic mass is 10.1. The molecule has 2 aromatic rings. The molecule has 0 fully saturated rings. The first-order chi connectivity index (χ1) is 12.9. The number of aryl methyl sites for hydroxylation is 2. The van der Waals surface area contributed by atoms with E-state index in [1.54, 1.807) is 31.2 Å².